The SMILES string of the molecule is CCCC1CCCC(NC(=O)c2cc(C(=O)NC3CCCC(CCC)C3)cc(C(=O)NC3CCCC(CCC)C3)c2)C1. The van der Waals surface area contributed by atoms with Gasteiger partial charge in [0.25, 0.3) is 17.7 Å². The van der Waals surface area contributed by atoms with Crippen LogP contribution in [0.25, 0.3) is 0 Å². The van der Waals surface area contributed by atoms with Crippen molar-refractivity contribution in [3.05, 3.63) is 34.9 Å². The molecule has 1 aromatic rings. The molecular weight excluding hydrogens is 522 g/mol. The molecule has 6 unspecified atom stereocenters. The Balaban J connectivity index is 1.50. The number of nitrogens with one attached hydrogen (secondary N) is 3. The van der Waals surface area contributed by atoms with E-state index < -0.39 is 0 Å². The third kappa shape index (κ3) is 9.57. The maximum atomic E-state index is 13.6. The highest BCUT2D eigenvalue weighted by Crippen LogP contribution is 2.30. The van der Waals surface area contributed by atoms with E-state index in [2.05, 4.69) is 36.7 Å². The maximum absolute atomic E-state index is 13.6. The fraction of sp³-hybridized carbons (Fsp3) is 0.750. The van der Waals surface area contributed by atoms with Crippen molar-refractivity contribution in [2.24, 2.45) is 17.8 Å². The van der Waals surface area contributed by atoms with Gasteiger partial charge in [-0.25, -0.2) is 0 Å². The van der Waals surface area contributed by atoms with Gasteiger partial charge >= 0.3 is 0 Å². The van der Waals surface area contributed by atoms with E-state index in [0.717, 1.165) is 57.8 Å². The van der Waals surface area contributed by atoms with Crippen LogP contribution in [0.15, 0.2) is 18.2 Å². The lowest BCUT2D eigenvalue weighted by Crippen LogP contribution is -2.40. The van der Waals surface area contributed by atoms with Crippen molar-refractivity contribution in [2.45, 2.75) is 154 Å². The van der Waals surface area contributed by atoms with Crippen LogP contribution in [-0.2, 0) is 0 Å². The molecule has 1 aromatic carbocycles. The summed E-state index contributed by atoms with van der Waals surface area (Å²) in [6.07, 6.45) is 20.2. The molecule has 42 heavy (non-hydrogen) atoms. The zero-order valence-electron chi connectivity index (χ0n) is 26.6. The van der Waals surface area contributed by atoms with Gasteiger partial charge in [0.15, 0.2) is 0 Å². The molecule has 0 bridgehead atoms. The first-order valence-corrected chi connectivity index (χ1v) is 17.5. The second-order valence-electron chi connectivity index (χ2n) is 13.8. The molecule has 3 aliphatic carbocycles. The summed E-state index contributed by atoms with van der Waals surface area (Å²) >= 11 is 0. The predicted molar refractivity (Wildman–Crippen MR) is 171 cm³/mol. The van der Waals surface area contributed by atoms with Crippen molar-refractivity contribution < 1.29 is 14.4 Å². The van der Waals surface area contributed by atoms with E-state index in [0.29, 0.717) is 34.4 Å². The molecule has 4 rings (SSSR count). The molecule has 3 amide bonds. The molecule has 3 fully saturated rings. The normalized spacial score (nSPS) is 28.1. The quantitative estimate of drug-likeness (QED) is 0.235. The molecular formula is C36H57N3O3. The van der Waals surface area contributed by atoms with Gasteiger partial charge in [0.1, 0.15) is 0 Å². The molecule has 3 saturated carbocycles. The Hall–Kier alpha value is -2.37. The van der Waals surface area contributed by atoms with E-state index in [-0.39, 0.29) is 35.8 Å². The predicted octanol–water partition coefficient (Wildman–Crippen LogP) is 7.95. The number of hydrogen-bond donors (Lipinski definition) is 3. The molecule has 0 radical (unpaired) electrons. The fourth-order valence-electron chi connectivity index (χ4n) is 8.10. The Kier molecular flexibility index (Phi) is 12.8. The number of hydrogen-bond acceptors (Lipinski definition) is 3. The van der Waals surface area contributed by atoms with E-state index in [4.69, 9.17) is 0 Å². The summed E-state index contributed by atoms with van der Waals surface area (Å²) in [6, 6.07) is 5.52. The molecule has 0 saturated heterocycles. The van der Waals surface area contributed by atoms with E-state index in [9.17, 15) is 14.4 Å². The molecule has 6 heteroatoms. The van der Waals surface area contributed by atoms with Gasteiger partial charge in [0.2, 0.25) is 0 Å². The van der Waals surface area contributed by atoms with Crippen molar-refractivity contribution in [3.8, 4) is 0 Å². The van der Waals surface area contributed by atoms with Crippen LogP contribution in [0, 0.1) is 17.8 Å². The summed E-state index contributed by atoms with van der Waals surface area (Å²) in [6.45, 7) is 6.67. The number of carbonyl (C=O) groups excluding carboxylic acids is 3. The first kappa shape index (κ1) is 32.5. The van der Waals surface area contributed by atoms with Gasteiger partial charge in [0.05, 0.1) is 0 Å². The Labute approximate surface area is 254 Å². The molecule has 0 heterocycles. The summed E-state index contributed by atoms with van der Waals surface area (Å²) < 4.78 is 0. The number of rotatable bonds is 12. The number of benzene rings is 1. The van der Waals surface area contributed by atoms with Crippen LogP contribution in [0.4, 0.5) is 0 Å². The Morgan fingerprint density at radius 2 is 0.810 bits per heavy atom. The Morgan fingerprint density at radius 1 is 0.524 bits per heavy atom. The smallest absolute Gasteiger partial charge is 0.251 e. The molecule has 6 nitrogen and oxygen atoms in total. The monoisotopic (exact) mass is 579 g/mol. The fourth-order valence-corrected chi connectivity index (χ4v) is 8.10. The summed E-state index contributed by atoms with van der Waals surface area (Å²) in [5.41, 5.74) is 1.22. The minimum atomic E-state index is -0.179. The van der Waals surface area contributed by atoms with Crippen LogP contribution >= 0.6 is 0 Å². The molecule has 0 spiro atoms. The lowest BCUT2D eigenvalue weighted by atomic mass is 9.83. The van der Waals surface area contributed by atoms with Crippen LogP contribution in [-0.4, -0.2) is 35.8 Å². The summed E-state index contributed by atoms with van der Waals surface area (Å²) in [4.78, 5) is 40.7. The minimum absolute atomic E-state index is 0.146. The average molecular weight is 580 g/mol. The summed E-state index contributed by atoms with van der Waals surface area (Å²) in [5.74, 6) is 1.44. The van der Waals surface area contributed by atoms with Crippen molar-refractivity contribution in [1.82, 2.24) is 16.0 Å². The van der Waals surface area contributed by atoms with E-state index in [1.165, 1.54) is 57.8 Å². The molecule has 234 valence electrons. The first-order chi connectivity index (χ1) is 20.4. The Morgan fingerprint density at radius 3 is 1.07 bits per heavy atom. The molecule has 0 aliphatic heterocycles. The highest BCUT2D eigenvalue weighted by atomic mass is 16.2. The second kappa shape index (κ2) is 16.5. The number of carbonyl (C=O) groups is 3. The zero-order chi connectivity index (χ0) is 29.9. The third-order valence-corrected chi connectivity index (χ3v) is 10.2. The van der Waals surface area contributed by atoms with Crippen molar-refractivity contribution in [1.29, 1.82) is 0 Å². The topological polar surface area (TPSA) is 87.3 Å². The van der Waals surface area contributed by atoms with Gasteiger partial charge in [-0.3, -0.25) is 14.4 Å². The maximum Gasteiger partial charge on any atom is 0.251 e. The minimum Gasteiger partial charge on any atom is -0.349 e. The molecule has 0 aromatic heterocycles. The number of amides is 3. The van der Waals surface area contributed by atoms with Crippen molar-refractivity contribution in [3.63, 3.8) is 0 Å². The van der Waals surface area contributed by atoms with E-state index in [1.807, 2.05) is 0 Å². The van der Waals surface area contributed by atoms with E-state index in [1.54, 1.807) is 18.2 Å². The van der Waals surface area contributed by atoms with Crippen molar-refractivity contribution in [2.75, 3.05) is 0 Å². The second-order valence-corrected chi connectivity index (χ2v) is 13.8. The lowest BCUT2D eigenvalue weighted by molar-refractivity contribution is 0.0917. The van der Waals surface area contributed by atoms with Crippen LogP contribution in [0.5, 0.6) is 0 Å². The van der Waals surface area contributed by atoms with Crippen LogP contribution < -0.4 is 16.0 Å². The molecule has 3 aliphatic rings. The Bertz CT molecular complexity index is 893. The third-order valence-electron chi connectivity index (χ3n) is 10.2. The van der Waals surface area contributed by atoms with Crippen LogP contribution in [0.1, 0.15) is 167 Å². The highest BCUT2D eigenvalue weighted by molar-refractivity contribution is 6.04. The average Bonchev–Trinajstić information content (AvgIpc) is 2.98. The van der Waals surface area contributed by atoms with Gasteiger partial charge < -0.3 is 16.0 Å². The van der Waals surface area contributed by atoms with Gasteiger partial charge in [-0.15, -0.1) is 0 Å². The van der Waals surface area contributed by atoms with Gasteiger partial charge in [-0.1, -0.05) is 97.8 Å². The van der Waals surface area contributed by atoms with E-state index >= 15 is 0 Å². The largest absolute Gasteiger partial charge is 0.349 e. The van der Waals surface area contributed by atoms with Gasteiger partial charge in [-0.05, 0) is 74.5 Å². The van der Waals surface area contributed by atoms with Crippen molar-refractivity contribution >= 4 is 17.7 Å². The summed E-state index contributed by atoms with van der Waals surface area (Å²) in [7, 11) is 0. The highest BCUT2D eigenvalue weighted by Gasteiger charge is 2.28. The molecule has 3 N–H and O–H groups in total. The standard InChI is InChI=1S/C36H57N3O3/c1-4-10-25-13-7-16-31(19-25)37-34(40)28-22-29(35(41)38-32-17-8-14-26(20-32)11-5-2)24-30(23-28)36(42)39-33-18-9-15-27(21-33)12-6-3/h22-27,31-33H,4-21H2,1-3H3,(H,37,40)(H,38,41)(H,39,42). The first-order valence-electron chi connectivity index (χ1n) is 17.5. The van der Waals surface area contributed by atoms with Crippen LogP contribution in [0.3, 0.4) is 0 Å². The summed E-state index contributed by atoms with van der Waals surface area (Å²) in [5, 5.41) is 9.77. The van der Waals surface area contributed by atoms with Gasteiger partial charge in [0, 0.05) is 34.8 Å². The van der Waals surface area contributed by atoms with Crippen LogP contribution in [0.2, 0.25) is 0 Å². The zero-order valence-corrected chi connectivity index (χ0v) is 26.6. The molecule has 6 atom stereocenters. The lowest BCUT2D eigenvalue weighted by Gasteiger charge is -2.30. The van der Waals surface area contributed by atoms with Gasteiger partial charge in [-0.2, -0.15) is 0 Å².